The summed E-state index contributed by atoms with van der Waals surface area (Å²) in [6, 6.07) is 10.2. The van der Waals surface area contributed by atoms with Crippen LogP contribution in [0, 0.1) is 0 Å². The van der Waals surface area contributed by atoms with E-state index in [0.29, 0.717) is 18.0 Å². The van der Waals surface area contributed by atoms with E-state index < -0.39 is 0 Å². The maximum absolute atomic E-state index is 3.77. The van der Waals surface area contributed by atoms with Gasteiger partial charge in [0, 0.05) is 17.3 Å². The van der Waals surface area contributed by atoms with Crippen molar-refractivity contribution in [2.24, 2.45) is 0 Å². The number of thioether (sulfide) groups is 1. The van der Waals surface area contributed by atoms with E-state index in [0.717, 1.165) is 5.25 Å². The molecule has 0 aliphatic carbocycles. The SMILES string of the molecule is CC(C)c1ccc(C(C)NC2CCSC2C)cc1. The Morgan fingerprint density at radius 2 is 1.72 bits per heavy atom. The molecular formula is C16H25NS. The standard InChI is InChI=1S/C16H25NS/c1-11(2)14-5-7-15(8-6-14)12(3)17-16-9-10-18-13(16)4/h5-8,11-13,16-17H,9-10H2,1-4H3. The van der Waals surface area contributed by atoms with Crippen molar-refractivity contribution in [1.82, 2.24) is 5.32 Å². The summed E-state index contributed by atoms with van der Waals surface area (Å²) in [6.07, 6.45) is 1.31. The van der Waals surface area contributed by atoms with E-state index >= 15 is 0 Å². The molecule has 2 rings (SSSR count). The summed E-state index contributed by atoms with van der Waals surface area (Å²) in [7, 11) is 0. The largest absolute Gasteiger partial charge is 0.306 e. The van der Waals surface area contributed by atoms with Gasteiger partial charge in [0.15, 0.2) is 0 Å². The first-order chi connectivity index (χ1) is 8.58. The molecule has 0 spiro atoms. The van der Waals surface area contributed by atoms with Gasteiger partial charge in [-0.15, -0.1) is 0 Å². The summed E-state index contributed by atoms with van der Waals surface area (Å²) in [4.78, 5) is 0. The molecule has 1 aliphatic heterocycles. The van der Waals surface area contributed by atoms with E-state index in [1.807, 2.05) is 0 Å². The van der Waals surface area contributed by atoms with E-state index in [1.165, 1.54) is 23.3 Å². The van der Waals surface area contributed by atoms with Gasteiger partial charge in [0.1, 0.15) is 0 Å². The van der Waals surface area contributed by atoms with Gasteiger partial charge in [-0.05, 0) is 36.1 Å². The molecule has 1 N–H and O–H groups in total. The van der Waals surface area contributed by atoms with Crippen LogP contribution in [0.2, 0.25) is 0 Å². The molecule has 100 valence electrons. The Balaban J connectivity index is 1.98. The quantitative estimate of drug-likeness (QED) is 0.866. The lowest BCUT2D eigenvalue weighted by atomic mass is 9.99. The van der Waals surface area contributed by atoms with Crippen molar-refractivity contribution in [2.75, 3.05) is 5.75 Å². The molecule has 0 aromatic heterocycles. The summed E-state index contributed by atoms with van der Waals surface area (Å²) < 4.78 is 0. The van der Waals surface area contributed by atoms with Gasteiger partial charge in [-0.25, -0.2) is 0 Å². The summed E-state index contributed by atoms with van der Waals surface area (Å²) in [6.45, 7) is 9.10. The van der Waals surface area contributed by atoms with Crippen molar-refractivity contribution < 1.29 is 0 Å². The van der Waals surface area contributed by atoms with Gasteiger partial charge in [0.25, 0.3) is 0 Å². The molecule has 18 heavy (non-hydrogen) atoms. The maximum Gasteiger partial charge on any atom is 0.0294 e. The van der Waals surface area contributed by atoms with Crippen LogP contribution in [0.25, 0.3) is 0 Å². The molecule has 0 bridgehead atoms. The van der Waals surface area contributed by atoms with Crippen LogP contribution in [0.15, 0.2) is 24.3 Å². The predicted octanol–water partition coefficient (Wildman–Crippen LogP) is 4.35. The average molecular weight is 263 g/mol. The third kappa shape index (κ3) is 3.30. The normalized spacial score (nSPS) is 25.6. The Morgan fingerprint density at radius 1 is 1.11 bits per heavy atom. The minimum Gasteiger partial charge on any atom is -0.306 e. The zero-order chi connectivity index (χ0) is 13.1. The first-order valence-electron chi connectivity index (χ1n) is 7.05. The molecule has 1 nitrogen and oxygen atoms in total. The minimum absolute atomic E-state index is 0.456. The van der Waals surface area contributed by atoms with Gasteiger partial charge in [0.05, 0.1) is 0 Å². The van der Waals surface area contributed by atoms with Gasteiger partial charge in [-0.1, -0.05) is 45.0 Å². The van der Waals surface area contributed by atoms with Crippen LogP contribution in [0.3, 0.4) is 0 Å². The van der Waals surface area contributed by atoms with Gasteiger partial charge in [-0.2, -0.15) is 11.8 Å². The molecule has 1 aromatic rings. The number of rotatable bonds is 4. The fourth-order valence-corrected chi connectivity index (χ4v) is 3.75. The fourth-order valence-electron chi connectivity index (χ4n) is 2.54. The van der Waals surface area contributed by atoms with Crippen molar-refractivity contribution in [3.05, 3.63) is 35.4 Å². The van der Waals surface area contributed by atoms with E-state index in [-0.39, 0.29) is 0 Å². The molecular weight excluding hydrogens is 238 g/mol. The zero-order valence-electron chi connectivity index (χ0n) is 11.9. The summed E-state index contributed by atoms with van der Waals surface area (Å²) in [5.74, 6) is 1.92. The van der Waals surface area contributed by atoms with Crippen LogP contribution in [0.4, 0.5) is 0 Å². The molecule has 0 radical (unpaired) electrons. The molecule has 1 aromatic carbocycles. The van der Waals surface area contributed by atoms with Gasteiger partial charge in [0.2, 0.25) is 0 Å². The third-order valence-corrected chi connectivity index (χ3v) is 5.27. The molecule has 0 amide bonds. The number of nitrogens with one attached hydrogen (secondary N) is 1. The second-order valence-electron chi connectivity index (χ2n) is 5.68. The summed E-state index contributed by atoms with van der Waals surface area (Å²) in [5, 5.41) is 4.52. The Hall–Kier alpha value is -0.470. The number of benzene rings is 1. The van der Waals surface area contributed by atoms with Gasteiger partial charge >= 0.3 is 0 Å². The van der Waals surface area contributed by atoms with Crippen LogP contribution in [-0.2, 0) is 0 Å². The maximum atomic E-state index is 3.77. The molecule has 1 fully saturated rings. The number of hydrogen-bond donors (Lipinski definition) is 1. The van der Waals surface area contributed by atoms with E-state index in [9.17, 15) is 0 Å². The van der Waals surface area contributed by atoms with Crippen molar-refractivity contribution in [3.8, 4) is 0 Å². The smallest absolute Gasteiger partial charge is 0.0294 e. The Morgan fingerprint density at radius 3 is 2.22 bits per heavy atom. The molecule has 3 unspecified atom stereocenters. The van der Waals surface area contributed by atoms with Crippen molar-refractivity contribution >= 4 is 11.8 Å². The first kappa shape index (κ1) is 14.0. The van der Waals surface area contributed by atoms with Crippen LogP contribution in [0.5, 0.6) is 0 Å². The topological polar surface area (TPSA) is 12.0 Å². The lowest BCUT2D eigenvalue weighted by Gasteiger charge is -2.23. The van der Waals surface area contributed by atoms with E-state index in [1.54, 1.807) is 0 Å². The van der Waals surface area contributed by atoms with Crippen LogP contribution in [-0.4, -0.2) is 17.0 Å². The molecule has 1 heterocycles. The first-order valence-corrected chi connectivity index (χ1v) is 8.10. The highest BCUT2D eigenvalue weighted by molar-refractivity contribution is 8.00. The molecule has 2 heteroatoms. The Kier molecular flexibility index (Phi) is 4.74. The monoisotopic (exact) mass is 263 g/mol. The Labute approximate surface area is 116 Å². The summed E-state index contributed by atoms with van der Waals surface area (Å²) in [5.41, 5.74) is 2.83. The van der Waals surface area contributed by atoms with Crippen molar-refractivity contribution in [2.45, 2.75) is 57.4 Å². The lowest BCUT2D eigenvalue weighted by molar-refractivity contribution is 0.454. The van der Waals surface area contributed by atoms with Gasteiger partial charge in [-0.3, -0.25) is 0 Å². The summed E-state index contributed by atoms with van der Waals surface area (Å²) >= 11 is 2.09. The highest BCUT2D eigenvalue weighted by Crippen LogP contribution is 2.28. The molecule has 1 saturated heterocycles. The molecule has 3 atom stereocenters. The third-order valence-electron chi connectivity index (χ3n) is 3.94. The van der Waals surface area contributed by atoms with Crippen LogP contribution < -0.4 is 5.32 Å². The average Bonchev–Trinajstić information content (AvgIpc) is 2.75. The zero-order valence-corrected chi connectivity index (χ0v) is 12.8. The van der Waals surface area contributed by atoms with E-state index in [2.05, 4.69) is 69.0 Å². The minimum atomic E-state index is 0.456. The van der Waals surface area contributed by atoms with Crippen LogP contribution >= 0.6 is 11.8 Å². The highest BCUT2D eigenvalue weighted by atomic mass is 32.2. The number of hydrogen-bond acceptors (Lipinski definition) is 2. The van der Waals surface area contributed by atoms with E-state index in [4.69, 9.17) is 0 Å². The van der Waals surface area contributed by atoms with Gasteiger partial charge < -0.3 is 5.32 Å². The predicted molar refractivity (Wildman–Crippen MR) is 82.4 cm³/mol. The van der Waals surface area contributed by atoms with Crippen molar-refractivity contribution in [1.29, 1.82) is 0 Å². The lowest BCUT2D eigenvalue weighted by Crippen LogP contribution is -2.35. The molecule has 1 aliphatic rings. The van der Waals surface area contributed by atoms with Crippen molar-refractivity contribution in [3.63, 3.8) is 0 Å². The fraction of sp³-hybridized carbons (Fsp3) is 0.625. The van der Waals surface area contributed by atoms with Crippen LogP contribution in [0.1, 0.15) is 57.2 Å². The molecule has 0 saturated carbocycles. The second kappa shape index (κ2) is 6.12. The Bertz CT molecular complexity index is 371. The second-order valence-corrected chi connectivity index (χ2v) is 7.17. The highest BCUT2D eigenvalue weighted by Gasteiger charge is 2.25.